The van der Waals surface area contributed by atoms with Gasteiger partial charge in [-0.1, -0.05) is 31.4 Å². The molecule has 0 saturated heterocycles. The summed E-state index contributed by atoms with van der Waals surface area (Å²) in [6.07, 6.45) is 6.81. The minimum absolute atomic E-state index is 0. The maximum absolute atomic E-state index is 12.1. The van der Waals surface area contributed by atoms with Crippen LogP contribution in [0, 0.1) is 6.92 Å². The predicted molar refractivity (Wildman–Crippen MR) is 120 cm³/mol. The maximum Gasteiger partial charge on any atom is 1.00 e. The van der Waals surface area contributed by atoms with Crippen LogP contribution in [0.3, 0.4) is 0 Å². The van der Waals surface area contributed by atoms with Crippen molar-refractivity contribution in [3.63, 3.8) is 0 Å². The Kier molecular flexibility index (Phi) is 8.97. The number of aromatic nitrogens is 3. The van der Waals surface area contributed by atoms with Gasteiger partial charge in [-0.25, -0.2) is 8.42 Å². The molecule has 0 unspecified atom stereocenters. The molecule has 0 aliphatic heterocycles. The van der Waals surface area contributed by atoms with Crippen LogP contribution in [0.5, 0.6) is 0 Å². The number of benzene rings is 1. The number of hydrogen-bond donors (Lipinski definition) is 0. The molecule has 0 N–H and O–H groups in total. The van der Waals surface area contributed by atoms with E-state index < -0.39 is 15.9 Å². The van der Waals surface area contributed by atoms with E-state index in [2.05, 4.69) is 9.82 Å². The molecule has 0 atom stereocenters. The van der Waals surface area contributed by atoms with Crippen molar-refractivity contribution in [1.29, 1.82) is 0 Å². The molecule has 0 bridgehead atoms. The van der Waals surface area contributed by atoms with E-state index in [0.717, 1.165) is 29.6 Å². The number of carbonyl (C=O) groups excluding carboxylic acids is 1. The first-order valence-corrected chi connectivity index (χ1v) is 11.7. The average Bonchev–Trinajstić information content (AvgIpc) is 3.18. The third-order valence-electron chi connectivity index (χ3n) is 4.75. The smallest absolute Gasteiger partial charge is 0.542 e. The van der Waals surface area contributed by atoms with Gasteiger partial charge in [-0.15, -0.1) is 0 Å². The van der Waals surface area contributed by atoms with Crippen molar-refractivity contribution in [1.82, 2.24) is 14.3 Å². The Balaban J connectivity index is 0.00000341. The molecule has 3 aromatic rings. The Morgan fingerprint density at radius 3 is 2.71 bits per heavy atom. The summed E-state index contributed by atoms with van der Waals surface area (Å²) in [5.74, 6) is -0.167. The fourth-order valence-corrected chi connectivity index (χ4v) is 4.52. The summed E-state index contributed by atoms with van der Waals surface area (Å²) in [4.78, 5) is 12.1. The van der Waals surface area contributed by atoms with Gasteiger partial charge in [0, 0.05) is 35.0 Å². The van der Waals surface area contributed by atoms with E-state index in [1.807, 2.05) is 55.9 Å². The zero-order valence-corrected chi connectivity index (χ0v) is 21.7. The Morgan fingerprint density at radius 2 is 2.00 bits per heavy atom. The summed E-state index contributed by atoms with van der Waals surface area (Å²) in [7, 11) is -1.95. The number of fused-ring (bicyclic) bond motifs is 1. The van der Waals surface area contributed by atoms with Crippen LogP contribution in [-0.4, -0.2) is 34.4 Å². The first-order valence-electron chi connectivity index (χ1n) is 9.70. The molecule has 0 saturated carbocycles. The van der Waals surface area contributed by atoms with Crippen LogP contribution in [0.2, 0.25) is 5.02 Å². The summed E-state index contributed by atoms with van der Waals surface area (Å²) >= 11 is 6.08. The van der Waals surface area contributed by atoms with Gasteiger partial charge in [-0.05, 0) is 49.8 Å². The van der Waals surface area contributed by atoms with Crippen molar-refractivity contribution in [2.75, 3.05) is 5.75 Å². The number of hydrogen-bond acceptors (Lipinski definition) is 4. The molecule has 10 heteroatoms. The Bertz CT molecular complexity index is 1210. The minimum Gasteiger partial charge on any atom is -0.542 e. The number of halogens is 1. The Morgan fingerprint density at radius 1 is 1.26 bits per heavy atom. The summed E-state index contributed by atoms with van der Waals surface area (Å²) in [5.41, 5.74) is 2.35. The number of aryl methyl sites for hydroxylation is 2. The second-order valence-corrected chi connectivity index (χ2v) is 9.28. The minimum atomic E-state index is -3.76. The maximum atomic E-state index is 12.1. The molecule has 2 aromatic heterocycles. The number of nitrogens with zero attached hydrogens (tertiary/aromatic N) is 4. The SMILES string of the molecule is CCCCCS(=O)(=O)[N-]C(=O)/C=C/c1c(C)nn(C)c1-n1ccc2cc(Cl)ccc21.[Na+]. The van der Waals surface area contributed by atoms with Crippen molar-refractivity contribution in [2.24, 2.45) is 7.05 Å². The van der Waals surface area contributed by atoms with Crippen molar-refractivity contribution in [2.45, 2.75) is 33.1 Å². The molecule has 0 radical (unpaired) electrons. The van der Waals surface area contributed by atoms with E-state index in [1.54, 1.807) is 10.8 Å². The molecule has 2 heterocycles. The monoisotopic (exact) mass is 470 g/mol. The zero-order chi connectivity index (χ0) is 21.9. The fourth-order valence-electron chi connectivity index (χ4n) is 3.34. The summed E-state index contributed by atoms with van der Waals surface area (Å²) in [6.45, 7) is 3.81. The second kappa shape index (κ2) is 10.8. The van der Waals surface area contributed by atoms with Crippen molar-refractivity contribution < 1.29 is 42.8 Å². The second-order valence-electron chi connectivity index (χ2n) is 7.09. The van der Waals surface area contributed by atoms with Gasteiger partial charge < -0.3 is 14.1 Å². The number of rotatable bonds is 8. The molecule has 0 fully saturated rings. The number of sulfonamides is 1. The standard InChI is InChI=1S/C21H25ClN4O3S.Na/c1-4-5-6-13-30(28,29)24-20(27)10-8-18-15(2)23-25(3)21(18)26-12-11-16-14-17(22)7-9-19(16)26;/h7-12,14H,4-6,13H2,1-3H3,(H,24,27);/q;+1/p-1/b10-8+;. The summed E-state index contributed by atoms with van der Waals surface area (Å²) < 4.78 is 31.0. The van der Waals surface area contributed by atoms with Crippen LogP contribution in [0.25, 0.3) is 27.5 Å². The summed E-state index contributed by atoms with van der Waals surface area (Å²) in [6, 6.07) is 7.54. The molecular formula is C21H24ClN4NaO3S. The Hall–Kier alpha value is -1.58. The van der Waals surface area contributed by atoms with Gasteiger partial charge >= 0.3 is 29.6 Å². The van der Waals surface area contributed by atoms with Gasteiger partial charge in [0.15, 0.2) is 0 Å². The van der Waals surface area contributed by atoms with Crippen molar-refractivity contribution in [3.8, 4) is 5.82 Å². The molecule has 3 rings (SSSR count). The van der Waals surface area contributed by atoms with Gasteiger partial charge in [0.2, 0.25) is 0 Å². The van der Waals surface area contributed by atoms with Crippen molar-refractivity contribution >= 4 is 44.5 Å². The van der Waals surface area contributed by atoms with E-state index in [1.165, 1.54) is 6.08 Å². The normalized spacial score (nSPS) is 11.7. The number of carbonyl (C=O) groups is 1. The molecular weight excluding hydrogens is 447 g/mol. The van der Waals surface area contributed by atoms with Gasteiger partial charge in [-0.2, -0.15) is 5.10 Å². The van der Waals surface area contributed by atoms with E-state index in [0.29, 0.717) is 22.7 Å². The van der Waals surface area contributed by atoms with E-state index >= 15 is 0 Å². The van der Waals surface area contributed by atoms with Crippen LogP contribution >= 0.6 is 11.6 Å². The third-order valence-corrected chi connectivity index (χ3v) is 6.24. The molecule has 31 heavy (non-hydrogen) atoms. The average molecular weight is 471 g/mol. The van der Waals surface area contributed by atoms with Gasteiger partial charge in [0.1, 0.15) is 5.82 Å². The molecule has 160 valence electrons. The number of amides is 1. The van der Waals surface area contributed by atoms with Crippen LogP contribution in [0.15, 0.2) is 36.5 Å². The number of unbranched alkanes of at least 4 members (excludes halogenated alkanes) is 2. The molecule has 7 nitrogen and oxygen atoms in total. The molecule has 1 amide bonds. The molecule has 0 aliphatic rings. The van der Waals surface area contributed by atoms with Crippen LogP contribution < -0.4 is 29.6 Å². The van der Waals surface area contributed by atoms with Crippen LogP contribution in [0.1, 0.15) is 37.4 Å². The quantitative estimate of drug-likeness (QED) is 0.285. The van der Waals surface area contributed by atoms with Crippen LogP contribution in [0.4, 0.5) is 0 Å². The van der Waals surface area contributed by atoms with Gasteiger partial charge in [-0.3, -0.25) is 4.68 Å². The predicted octanol–water partition coefficient (Wildman–Crippen LogP) is 1.76. The molecule has 1 aromatic carbocycles. The van der Waals surface area contributed by atoms with Crippen molar-refractivity contribution in [3.05, 3.63) is 57.5 Å². The van der Waals surface area contributed by atoms with E-state index in [9.17, 15) is 13.2 Å². The molecule has 0 aliphatic carbocycles. The first kappa shape index (κ1) is 25.7. The van der Waals surface area contributed by atoms with Gasteiger partial charge in [0.05, 0.1) is 27.1 Å². The fraction of sp³-hybridized carbons (Fsp3) is 0.333. The largest absolute Gasteiger partial charge is 1.00 e. The van der Waals surface area contributed by atoms with Gasteiger partial charge in [0.25, 0.3) is 0 Å². The molecule has 0 spiro atoms. The van der Waals surface area contributed by atoms with Crippen LogP contribution in [-0.2, 0) is 21.9 Å². The zero-order valence-electron chi connectivity index (χ0n) is 18.2. The summed E-state index contributed by atoms with van der Waals surface area (Å²) in [5, 5.41) is 6.07. The van der Waals surface area contributed by atoms with E-state index in [-0.39, 0.29) is 35.3 Å². The van der Waals surface area contributed by atoms with E-state index in [4.69, 9.17) is 11.6 Å². The topological polar surface area (TPSA) is 88.1 Å². The third kappa shape index (κ3) is 6.23. The first-order chi connectivity index (χ1) is 14.2. The Labute approximate surface area is 209 Å².